The third-order valence-electron chi connectivity index (χ3n) is 2.14. The van der Waals surface area contributed by atoms with Crippen LogP contribution in [0.1, 0.15) is 12.8 Å². The van der Waals surface area contributed by atoms with Crippen LogP contribution in [0.2, 0.25) is 0 Å². The SMILES string of the molecule is CNC1=CC(Br)CC(C(F)(F)F)C1. The predicted molar refractivity (Wildman–Crippen MR) is 48.6 cm³/mol. The lowest BCUT2D eigenvalue weighted by molar-refractivity contribution is -0.176. The smallest absolute Gasteiger partial charge is 0.392 e. The van der Waals surface area contributed by atoms with Crippen LogP contribution in [-0.2, 0) is 0 Å². The van der Waals surface area contributed by atoms with Crippen LogP contribution in [0.3, 0.4) is 0 Å². The first-order valence-electron chi connectivity index (χ1n) is 4.02. The molecule has 0 aromatic rings. The summed E-state index contributed by atoms with van der Waals surface area (Å²) in [6.07, 6.45) is -2.08. The number of alkyl halides is 4. The van der Waals surface area contributed by atoms with E-state index in [1.807, 2.05) is 0 Å². The number of allylic oxidation sites excluding steroid dienone is 2. The van der Waals surface area contributed by atoms with Crippen LogP contribution < -0.4 is 5.32 Å². The summed E-state index contributed by atoms with van der Waals surface area (Å²) in [4.78, 5) is -0.171. The van der Waals surface area contributed by atoms with Gasteiger partial charge in [-0.05, 0) is 12.8 Å². The van der Waals surface area contributed by atoms with Crippen molar-refractivity contribution in [2.45, 2.75) is 23.8 Å². The monoisotopic (exact) mass is 257 g/mol. The van der Waals surface area contributed by atoms with Crippen molar-refractivity contribution in [3.05, 3.63) is 11.8 Å². The van der Waals surface area contributed by atoms with Crippen LogP contribution in [0.25, 0.3) is 0 Å². The van der Waals surface area contributed by atoms with Crippen molar-refractivity contribution in [3.8, 4) is 0 Å². The maximum atomic E-state index is 12.3. The van der Waals surface area contributed by atoms with Gasteiger partial charge in [0.25, 0.3) is 0 Å². The highest BCUT2D eigenvalue weighted by Crippen LogP contribution is 2.38. The molecular weight excluding hydrogens is 247 g/mol. The Morgan fingerprint density at radius 1 is 1.54 bits per heavy atom. The second-order valence-electron chi connectivity index (χ2n) is 3.14. The Bertz CT molecular complexity index is 212. The van der Waals surface area contributed by atoms with E-state index >= 15 is 0 Å². The molecule has 0 aromatic heterocycles. The summed E-state index contributed by atoms with van der Waals surface area (Å²) in [6, 6.07) is 0. The van der Waals surface area contributed by atoms with Gasteiger partial charge < -0.3 is 5.32 Å². The number of hydrogen-bond acceptors (Lipinski definition) is 1. The minimum atomic E-state index is -4.08. The molecule has 0 aliphatic heterocycles. The van der Waals surface area contributed by atoms with E-state index in [0.717, 1.165) is 0 Å². The molecule has 1 rings (SSSR count). The predicted octanol–water partition coefficient (Wildman–Crippen LogP) is 2.83. The zero-order chi connectivity index (χ0) is 10.1. The summed E-state index contributed by atoms with van der Waals surface area (Å²) in [6.45, 7) is 0. The second kappa shape index (κ2) is 3.90. The Kier molecular flexibility index (Phi) is 3.27. The van der Waals surface area contributed by atoms with E-state index in [1.54, 1.807) is 13.1 Å². The van der Waals surface area contributed by atoms with Gasteiger partial charge in [0, 0.05) is 17.6 Å². The highest BCUT2D eigenvalue weighted by molar-refractivity contribution is 9.09. The van der Waals surface area contributed by atoms with E-state index in [1.165, 1.54) is 0 Å². The summed E-state index contributed by atoms with van der Waals surface area (Å²) < 4.78 is 37.0. The number of halogens is 4. The van der Waals surface area contributed by atoms with E-state index in [4.69, 9.17) is 0 Å². The summed E-state index contributed by atoms with van der Waals surface area (Å²) in [5.41, 5.74) is 0.662. The number of nitrogens with one attached hydrogen (secondary N) is 1. The van der Waals surface area contributed by atoms with Crippen molar-refractivity contribution in [2.75, 3.05) is 7.05 Å². The Morgan fingerprint density at radius 3 is 2.62 bits per heavy atom. The molecule has 0 saturated heterocycles. The van der Waals surface area contributed by atoms with Gasteiger partial charge in [0.1, 0.15) is 0 Å². The third-order valence-corrected chi connectivity index (χ3v) is 2.78. The summed E-state index contributed by atoms with van der Waals surface area (Å²) >= 11 is 3.19. The van der Waals surface area contributed by atoms with Crippen LogP contribution in [0.5, 0.6) is 0 Å². The molecule has 1 aliphatic rings. The first-order chi connectivity index (χ1) is 5.93. The van der Waals surface area contributed by atoms with Crippen LogP contribution >= 0.6 is 15.9 Å². The molecule has 5 heteroatoms. The zero-order valence-electron chi connectivity index (χ0n) is 7.16. The molecule has 0 radical (unpaired) electrons. The average Bonchev–Trinajstić information content (AvgIpc) is 2.01. The molecule has 1 nitrogen and oxygen atoms in total. The lowest BCUT2D eigenvalue weighted by atomic mass is 9.91. The van der Waals surface area contributed by atoms with Crippen LogP contribution in [0, 0.1) is 5.92 Å². The fourth-order valence-electron chi connectivity index (χ4n) is 1.41. The van der Waals surface area contributed by atoms with Gasteiger partial charge in [0.15, 0.2) is 0 Å². The minimum absolute atomic E-state index is 0.0715. The highest BCUT2D eigenvalue weighted by Gasteiger charge is 2.42. The minimum Gasteiger partial charge on any atom is -0.392 e. The molecule has 0 spiro atoms. The van der Waals surface area contributed by atoms with Gasteiger partial charge in [-0.25, -0.2) is 0 Å². The molecule has 13 heavy (non-hydrogen) atoms. The average molecular weight is 258 g/mol. The van der Waals surface area contributed by atoms with Gasteiger partial charge in [0.2, 0.25) is 0 Å². The number of rotatable bonds is 1. The maximum Gasteiger partial charge on any atom is 0.392 e. The first kappa shape index (κ1) is 10.9. The van der Waals surface area contributed by atoms with Crippen LogP contribution in [0.4, 0.5) is 13.2 Å². The molecule has 76 valence electrons. The zero-order valence-corrected chi connectivity index (χ0v) is 8.74. The van der Waals surface area contributed by atoms with Gasteiger partial charge in [-0.2, -0.15) is 13.2 Å². The fourth-order valence-corrected chi connectivity index (χ4v) is 2.18. The summed E-state index contributed by atoms with van der Waals surface area (Å²) in [5, 5.41) is 2.77. The molecule has 2 unspecified atom stereocenters. The quantitative estimate of drug-likeness (QED) is 0.713. The van der Waals surface area contributed by atoms with Crippen LogP contribution in [0.15, 0.2) is 11.8 Å². The Balaban J connectivity index is 2.70. The molecule has 0 heterocycles. The van der Waals surface area contributed by atoms with Gasteiger partial charge in [-0.3, -0.25) is 0 Å². The van der Waals surface area contributed by atoms with Crippen molar-refractivity contribution >= 4 is 15.9 Å². The third kappa shape index (κ3) is 2.90. The Labute approximate surface area is 83.5 Å². The van der Waals surface area contributed by atoms with Crippen molar-refractivity contribution in [1.82, 2.24) is 5.32 Å². The van der Waals surface area contributed by atoms with E-state index in [2.05, 4.69) is 21.2 Å². The number of hydrogen-bond donors (Lipinski definition) is 1. The summed E-state index contributed by atoms with van der Waals surface area (Å²) in [5.74, 6) is -1.22. The molecule has 0 bridgehead atoms. The van der Waals surface area contributed by atoms with E-state index in [9.17, 15) is 13.2 Å². The lowest BCUT2D eigenvalue weighted by Crippen LogP contribution is -2.31. The van der Waals surface area contributed by atoms with E-state index < -0.39 is 12.1 Å². The fraction of sp³-hybridized carbons (Fsp3) is 0.750. The van der Waals surface area contributed by atoms with Crippen molar-refractivity contribution in [1.29, 1.82) is 0 Å². The Hall–Kier alpha value is -0.190. The molecule has 0 fully saturated rings. The first-order valence-corrected chi connectivity index (χ1v) is 4.94. The van der Waals surface area contributed by atoms with Crippen molar-refractivity contribution < 1.29 is 13.2 Å². The molecule has 0 saturated carbocycles. The topological polar surface area (TPSA) is 12.0 Å². The standard InChI is InChI=1S/C8H11BrF3N/c1-13-7-3-5(8(10,11)12)2-6(9)4-7/h4-6,13H,2-3H2,1H3. The van der Waals surface area contributed by atoms with Gasteiger partial charge >= 0.3 is 6.18 Å². The van der Waals surface area contributed by atoms with Crippen molar-refractivity contribution in [2.24, 2.45) is 5.92 Å². The molecule has 1 N–H and O–H groups in total. The largest absolute Gasteiger partial charge is 0.392 e. The van der Waals surface area contributed by atoms with E-state index in [0.29, 0.717) is 5.70 Å². The maximum absolute atomic E-state index is 12.3. The molecule has 2 atom stereocenters. The van der Waals surface area contributed by atoms with Gasteiger partial charge in [-0.1, -0.05) is 22.0 Å². The normalized spacial score (nSPS) is 29.8. The molecular formula is C8H11BrF3N. The second-order valence-corrected chi connectivity index (χ2v) is 4.31. The molecule has 0 amide bonds. The summed E-state index contributed by atoms with van der Waals surface area (Å²) in [7, 11) is 1.64. The van der Waals surface area contributed by atoms with Crippen LogP contribution in [-0.4, -0.2) is 18.1 Å². The van der Waals surface area contributed by atoms with Crippen molar-refractivity contribution in [3.63, 3.8) is 0 Å². The Morgan fingerprint density at radius 2 is 2.15 bits per heavy atom. The van der Waals surface area contributed by atoms with E-state index in [-0.39, 0.29) is 17.7 Å². The molecule has 0 aromatic carbocycles. The lowest BCUT2D eigenvalue weighted by Gasteiger charge is -2.27. The van der Waals surface area contributed by atoms with Gasteiger partial charge in [-0.15, -0.1) is 0 Å². The highest BCUT2D eigenvalue weighted by atomic mass is 79.9. The molecule has 1 aliphatic carbocycles. The van der Waals surface area contributed by atoms with Gasteiger partial charge in [0.05, 0.1) is 5.92 Å².